The van der Waals surface area contributed by atoms with E-state index in [2.05, 4.69) is 20.5 Å². The lowest BCUT2D eigenvalue weighted by Crippen LogP contribution is -2.22. The summed E-state index contributed by atoms with van der Waals surface area (Å²) in [4.78, 5) is 16.5. The van der Waals surface area contributed by atoms with Crippen LogP contribution in [0.5, 0.6) is 0 Å². The third-order valence-corrected chi connectivity index (χ3v) is 4.40. The van der Waals surface area contributed by atoms with Gasteiger partial charge in [0.15, 0.2) is 11.5 Å². The molecule has 0 saturated heterocycles. The molecular formula is C16H13N5OS. The molecule has 0 aliphatic heterocycles. The van der Waals surface area contributed by atoms with Crippen LogP contribution in [-0.2, 0) is 6.54 Å². The smallest absolute Gasteiger partial charge is 0.253 e. The van der Waals surface area contributed by atoms with E-state index in [1.807, 2.05) is 40.4 Å². The predicted molar refractivity (Wildman–Crippen MR) is 88.3 cm³/mol. The quantitative estimate of drug-likeness (QED) is 0.606. The summed E-state index contributed by atoms with van der Waals surface area (Å²) < 4.78 is 1.82. The molecule has 2 N–H and O–H groups in total. The topological polar surface area (TPSA) is 75.1 Å². The second-order valence-corrected chi connectivity index (χ2v) is 6.06. The Balaban J connectivity index is 1.62. The summed E-state index contributed by atoms with van der Waals surface area (Å²) in [5, 5.41) is 13.2. The second kappa shape index (κ2) is 5.69. The van der Waals surface area contributed by atoms with E-state index in [4.69, 9.17) is 0 Å². The molecule has 4 heterocycles. The van der Waals surface area contributed by atoms with Crippen LogP contribution in [-0.4, -0.2) is 25.5 Å². The van der Waals surface area contributed by atoms with Crippen molar-refractivity contribution in [1.82, 2.24) is 24.9 Å². The Labute approximate surface area is 135 Å². The van der Waals surface area contributed by atoms with Gasteiger partial charge in [-0.05, 0) is 29.6 Å². The molecule has 0 aliphatic rings. The lowest BCUT2D eigenvalue weighted by Gasteiger charge is -2.05. The number of thiophene rings is 1. The Morgan fingerprint density at radius 3 is 3.00 bits per heavy atom. The zero-order valence-electron chi connectivity index (χ0n) is 12.1. The SMILES string of the molecule is O=C(NCc1cccs1)c1ccc2nnc(-c3cc[nH]c3)n2c1. The number of carbonyl (C=O) groups is 1. The number of pyridine rings is 1. The van der Waals surface area contributed by atoms with Gasteiger partial charge in [0.1, 0.15) is 0 Å². The number of amides is 1. The highest BCUT2D eigenvalue weighted by Gasteiger charge is 2.12. The van der Waals surface area contributed by atoms with Gasteiger partial charge in [0.05, 0.1) is 12.1 Å². The Morgan fingerprint density at radius 1 is 1.26 bits per heavy atom. The number of aromatic amines is 1. The van der Waals surface area contributed by atoms with Crippen molar-refractivity contribution in [2.75, 3.05) is 0 Å². The van der Waals surface area contributed by atoms with Gasteiger partial charge in [-0.25, -0.2) is 0 Å². The van der Waals surface area contributed by atoms with Crippen molar-refractivity contribution >= 4 is 22.9 Å². The highest BCUT2D eigenvalue weighted by atomic mass is 32.1. The highest BCUT2D eigenvalue weighted by Crippen LogP contribution is 2.18. The molecule has 4 aromatic heterocycles. The van der Waals surface area contributed by atoms with Gasteiger partial charge < -0.3 is 10.3 Å². The van der Waals surface area contributed by atoms with Gasteiger partial charge >= 0.3 is 0 Å². The highest BCUT2D eigenvalue weighted by molar-refractivity contribution is 7.09. The van der Waals surface area contributed by atoms with E-state index in [9.17, 15) is 4.79 Å². The van der Waals surface area contributed by atoms with Crippen molar-refractivity contribution < 1.29 is 4.79 Å². The fraction of sp³-hybridized carbons (Fsp3) is 0.0625. The summed E-state index contributed by atoms with van der Waals surface area (Å²) in [6, 6.07) is 9.44. The number of hydrogen-bond donors (Lipinski definition) is 2. The van der Waals surface area contributed by atoms with Crippen LogP contribution in [0.1, 0.15) is 15.2 Å². The van der Waals surface area contributed by atoms with Crippen LogP contribution in [0, 0.1) is 0 Å². The number of nitrogens with one attached hydrogen (secondary N) is 2. The third-order valence-electron chi connectivity index (χ3n) is 3.52. The fourth-order valence-corrected chi connectivity index (χ4v) is 3.01. The number of aromatic nitrogens is 4. The van der Waals surface area contributed by atoms with Gasteiger partial charge in [-0.1, -0.05) is 6.07 Å². The molecule has 4 rings (SSSR count). The average Bonchev–Trinajstić information content (AvgIpc) is 3.31. The Morgan fingerprint density at radius 2 is 2.22 bits per heavy atom. The molecule has 23 heavy (non-hydrogen) atoms. The maximum Gasteiger partial charge on any atom is 0.253 e. The van der Waals surface area contributed by atoms with Crippen molar-refractivity contribution in [3.63, 3.8) is 0 Å². The summed E-state index contributed by atoms with van der Waals surface area (Å²) in [5.74, 6) is 0.586. The zero-order chi connectivity index (χ0) is 15.6. The molecule has 0 unspecified atom stereocenters. The molecular weight excluding hydrogens is 310 g/mol. The second-order valence-electron chi connectivity index (χ2n) is 5.03. The molecule has 0 aromatic carbocycles. The monoisotopic (exact) mass is 323 g/mol. The molecule has 0 spiro atoms. The lowest BCUT2D eigenvalue weighted by molar-refractivity contribution is 0.0951. The minimum absolute atomic E-state index is 0.117. The molecule has 0 aliphatic carbocycles. The van der Waals surface area contributed by atoms with Crippen LogP contribution in [0.4, 0.5) is 0 Å². The lowest BCUT2D eigenvalue weighted by atomic mass is 10.2. The number of H-pyrrole nitrogens is 1. The van der Waals surface area contributed by atoms with E-state index in [1.54, 1.807) is 29.7 Å². The maximum absolute atomic E-state index is 12.3. The first-order valence-electron chi connectivity index (χ1n) is 7.10. The summed E-state index contributed by atoms with van der Waals surface area (Å²) in [7, 11) is 0. The van der Waals surface area contributed by atoms with E-state index in [1.165, 1.54) is 0 Å². The minimum Gasteiger partial charge on any atom is -0.367 e. The number of nitrogens with zero attached hydrogens (tertiary/aromatic N) is 3. The molecule has 0 radical (unpaired) electrons. The zero-order valence-corrected chi connectivity index (χ0v) is 12.9. The van der Waals surface area contributed by atoms with Crippen LogP contribution in [0.2, 0.25) is 0 Å². The van der Waals surface area contributed by atoms with E-state index < -0.39 is 0 Å². The molecule has 6 nitrogen and oxygen atoms in total. The van der Waals surface area contributed by atoms with Crippen molar-refractivity contribution in [3.8, 4) is 11.4 Å². The van der Waals surface area contributed by atoms with Gasteiger partial charge in [-0.15, -0.1) is 21.5 Å². The first kappa shape index (κ1) is 13.7. The molecule has 0 bridgehead atoms. The summed E-state index contributed by atoms with van der Waals surface area (Å²) in [6.07, 6.45) is 5.44. The van der Waals surface area contributed by atoms with Gasteiger partial charge in [-0.3, -0.25) is 9.20 Å². The first-order chi connectivity index (χ1) is 11.3. The van der Waals surface area contributed by atoms with E-state index in [0.29, 0.717) is 23.6 Å². The number of hydrogen-bond acceptors (Lipinski definition) is 4. The third kappa shape index (κ3) is 2.62. The fourth-order valence-electron chi connectivity index (χ4n) is 2.37. The summed E-state index contributed by atoms with van der Waals surface area (Å²) in [5.41, 5.74) is 2.20. The molecule has 4 aromatic rings. The molecule has 1 amide bonds. The molecule has 0 atom stereocenters. The van der Waals surface area contributed by atoms with Crippen LogP contribution in [0.25, 0.3) is 17.0 Å². The molecule has 114 valence electrons. The Hall–Kier alpha value is -2.93. The maximum atomic E-state index is 12.3. The van der Waals surface area contributed by atoms with Crippen LogP contribution in [0.15, 0.2) is 54.3 Å². The average molecular weight is 323 g/mol. The molecule has 7 heteroatoms. The number of rotatable bonds is 4. The van der Waals surface area contributed by atoms with E-state index in [0.717, 1.165) is 10.4 Å². The Kier molecular flexibility index (Phi) is 3.39. The van der Waals surface area contributed by atoms with Gasteiger partial charge in [0.2, 0.25) is 0 Å². The van der Waals surface area contributed by atoms with Gasteiger partial charge in [0, 0.05) is 29.0 Å². The van der Waals surface area contributed by atoms with Crippen LogP contribution < -0.4 is 5.32 Å². The van der Waals surface area contributed by atoms with Crippen LogP contribution in [0.3, 0.4) is 0 Å². The van der Waals surface area contributed by atoms with Crippen LogP contribution >= 0.6 is 11.3 Å². The number of fused-ring (bicyclic) bond motifs is 1. The van der Waals surface area contributed by atoms with Crippen molar-refractivity contribution in [3.05, 3.63) is 64.7 Å². The molecule has 0 saturated carbocycles. The minimum atomic E-state index is -0.117. The molecule has 0 fully saturated rings. The predicted octanol–water partition coefficient (Wildman–Crippen LogP) is 2.72. The first-order valence-corrected chi connectivity index (χ1v) is 7.98. The number of carbonyl (C=O) groups excluding carboxylic acids is 1. The van der Waals surface area contributed by atoms with Gasteiger partial charge in [-0.2, -0.15) is 0 Å². The summed E-state index contributed by atoms with van der Waals surface area (Å²) >= 11 is 1.62. The standard InChI is InChI=1S/C16H13N5OS/c22-16(18-9-13-2-1-7-23-13)12-3-4-14-19-20-15(21(14)10-12)11-5-6-17-8-11/h1-8,10,17H,9H2,(H,18,22). The normalized spacial score (nSPS) is 11.0. The van der Waals surface area contributed by atoms with E-state index in [-0.39, 0.29) is 5.91 Å². The van der Waals surface area contributed by atoms with Crippen molar-refractivity contribution in [2.24, 2.45) is 0 Å². The van der Waals surface area contributed by atoms with E-state index >= 15 is 0 Å². The van der Waals surface area contributed by atoms with Crippen molar-refractivity contribution in [1.29, 1.82) is 0 Å². The summed E-state index contributed by atoms with van der Waals surface area (Å²) in [6.45, 7) is 0.529. The Bertz CT molecular complexity index is 940. The van der Waals surface area contributed by atoms with Crippen molar-refractivity contribution in [2.45, 2.75) is 6.54 Å². The van der Waals surface area contributed by atoms with Gasteiger partial charge in [0.25, 0.3) is 5.91 Å². The largest absolute Gasteiger partial charge is 0.367 e.